The van der Waals surface area contributed by atoms with Crippen molar-refractivity contribution in [1.29, 1.82) is 0 Å². The fourth-order valence-corrected chi connectivity index (χ4v) is 3.11. The van der Waals surface area contributed by atoms with Gasteiger partial charge in [0.25, 0.3) is 0 Å². The molecular formula is C21H32OS. The van der Waals surface area contributed by atoms with Crippen LogP contribution in [0.15, 0.2) is 72.2 Å². The first-order chi connectivity index (χ1) is 11.2. The predicted octanol–water partition coefficient (Wildman–Crippen LogP) is 6.22. The zero-order valence-electron chi connectivity index (χ0n) is 14.8. The highest BCUT2D eigenvalue weighted by atomic mass is 32.2. The van der Waals surface area contributed by atoms with Gasteiger partial charge >= 0.3 is 0 Å². The lowest BCUT2D eigenvalue weighted by molar-refractivity contribution is 0.342. The smallest absolute Gasteiger partial charge is 0.0612 e. The fourth-order valence-electron chi connectivity index (χ4n) is 1.95. The Morgan fingerprint density at radius 1 is 1.17 bits per heavy atom. The number of rotatable bonds is 12. The van der Waals surface area contributed by atoms with Crippen molar-refractivity contribution in [3.63, 3.8) is 0 Å². The van der Waals surface area contributed by atoms with E-state index in [0.717, 1.165) is 19.3 Å². The van der Waals surface area contributed by atoms with Crippen molar-refractivity contribution in [3.8, 4) is 0 Å². The Morgan fingerprint density at radius 2 is 1.96 bits per heavy atom. The molecule has 0 amide bonds. The van der Waals surface area contributed by atoms with Crippen LogP contribution in [-0.2, 0) is 0 Å². The number of aliphatic hydroxyl groups is 1. The van der Waals surface area contributed by atoms with E-state index < -0.39 is 0 Å². The Morgan fingerprint density at radius 3 is 2.52 bits per heavy atom. The van der Waals surface area contributed by atoms with Gasteiger partial charge in [0.05, 0.1) is 6.61 Å². The molecule has 0 aliphatic rings. The molecule has 0 fully saturated rings. The van der Waals surface area contributed by atoms with E-state index in [4.69, 9.17) is 5.11 Å². The van der Waals surface area contributed by atoms with Gasteiger partial charge < -0.3 is 5.11 Å². The second kappa shape index (κ2) is 15.6. The molecule has 0 aromatic rings. The Labute approximate surface area is 147 Å². The average molecular weight is 333 g/mol. The average Bonchev–Trinajstić information content (AvgIpc) is 2.56. The second-order valence-electron chi connectivity index (χ2n) is 5.14. The lowest BCUT2D eigenvalue weighted by atomic mass is 10.1. The van der Waals surface area contributed by atoms with E-state index in [1.165, 1.54) is 4.91 Å². The molecule has 0 aromatic carbocycles. The van der Waals surface area contributed by atoms with Gasteiger partial charge in [-0.2, -0.15) is 0 Å². The van der Waals surface area contributed by atoms with E-state index in [9.17, 15) is 0 Å². The molecule has 2 heteroatoms. The molecule has 2 atom stereocenters. The summed E-state index contributed by atoms with van der Waals surface area (Å²) in [5, 5.41) is 9.29. The van der Waals surface area contributed by atoms with Crippen molar-refractivity contribution in [1.82, 2.24) is 0 Å². The van der Waals surface area contributed by atoms with Gasteiger partial charge in [-0.25, -0.2) is 0 Å². The molecule has 0 aliphatic heterocycles. The van der Waals surface area contributed by atoms with E-state index >= 15 is 0 Å². The number of thioether (sulfide) groups is 1. The predicted molar refractivity (Wildman–Crippen MR) is 108 cm³/mol. The van der Waals surface area contributed by atoms with Crippen LogP contribution in [0.5, 0.6) is 0 Å². The molecule has 0 saturated carbocycles. The summed E-state index contributed by atoms with van der Waals surface area (Å²) in [6, 6.07) is 0. The summed E-state index contributed by atoms with van der Waals surface area (Å²) in [7, 11) is 0. The van der Waals surface area contributed by atoms with Crippen molar-refractivity contribution in [2.75, 3.05) is 6.61 Å². The molecule has 0 spiro atoms. The standard InChI is InChI=1S/C21H32OS/c1-5-13-21(14-6-2)23-20(8-4)17-11-9-10-15-19(7-3)16-12-18-22/h5,7,9-14,16-17,19-20,22H,3,6,8,15,18H2,1-2,4H3. The van der Waals surface area contributed by atoms with Crippen LogP contribution in [0.3, 0.4) is 0 Å². The van der Waals surface area contributed by atoms with Gasteiger partial charge in [0.2, 0.25) is 0 Å². The van der Waals surface area contributed by atoms with Crippen LogP contribution >= 0.6 is 11.8 Å². The molecule has 0 aliphatic carbocycles. The van der Waals surface area contributed by atoms with E-state index in [-0.39, 0.29) is 12.5 Å². The maximum Gasteiger partial charge on any atom is 0.0612 e. The van der Waals surface area contributed by atoms with E-state index in [1.807, 2.05) is 23.9 Å². The zero-order valence-corrected chi connectivity index (χ0v) is 15.6. The highest BCUT2D eigenvalue weighted by Gasteiger charge is 2.04. The number of allylic oxidation sites excluding steroid dienone is 8. The minimum absolute atomic E-state index is 0.0865. The Bertz CT molecular complexity index is 441. The first-order valence-corrected chi connectivity index (χ1v) is 9.32. The van der Waals surface area contributed by atoms with Gasteiger partial charge in [0.15, 0.2) is 0 Å². The maximum atomic E-state index is 8.79. The van der Waals surface area contributed by atoms with Crippen LogP contribution in [0.2, 0.25) is 0 Å². The second-order valence-corrected chi connectivity index (χ2v) is 6.45. The Hall–Kier alpha value is -1.25. The molecule has 0 rings (SSSR count). The third kappa shape index (κ3) is 11.9. The van der Waals surface area contributed by atoms with Gasteiger partial charge in [-0.15, -0.1) is 18.3 Å². The third-order valence-corrected chi connectivity index (χ3v) is 4.57. The molecule has 0 radical (unpaired) electrons. The SMILES string of the molecule is C=CC(C=CCO)CC=CC=CC(CC)SC(C=CC)=CCC. The fraction of sp³-hybridized carbons (Fsp3) is 0.429. The molecule has 1 nitrogen and oxygen atoms in total. The molecule has 0 heterocycles. The highest BCUT2D eigenvalue weighted by molar-refractivity contribution is 8.04. The van der Waals surface area contributed by atoms with Crippen molar-refractivity contribution >= 4 is 11.8 Å². The van der Waals surface area contributed by atoms with Crippen molar-refractivity contribution in [2.45, 2.75) is 45.3 Å². The minimum atomic E-state index is 0.0865. The van der Waals surface area contributed by atoms with Crippen LogP contribution in [0, 0.1) is 5.92 Å². The molecule has 0 aromatic heterocycles. The van der Waals surface area contributed by atoms with Crippen LogP contribution < -0.4 is 0 Å². The first kappa shape index (κ1) is 21.8. The van der Waals surface area contributed by atoms with Crippen molar-refractivity contribution in [2.24, 2.45) is 5.92 Å². The molecule has 0 bridgehead atoms. The van der Waals surface area contributed by atoms with Gasteiger partial charge in [0.1, 0.15) is 0 Å². The normalized spacial score (nSPS) is 16.1. The van der Waals surface area contributed by atoms with Gasteiger partial charge in [0, 0.05) is 10.2 Å². The largest absolute Gasteiger partial charge is 0.392 e. The lowest BCUT2D eigenvalue weighted by Crippen LogP contribution is -1.95. The summed E-state index contributed by atoms with van der Waals surface area (Å²) in [6.07, 6.45) is 24.0. The van der Waals surface area contributed by atoms with Crippen LogP contribution in [0.4, 0.5) is 0 Å². The lowest BCUT2D eigenvalue weighted by Gasteiger charge is -2.10. The Balaban J connectivity index is 4.48. The van der Waals surface area contributed by atoms with E-state index in [0.29, 0.717) is 5.25 Å². The number of hydrogen-bond acceptors (Lipinski definition) is 2. The summed E-state index contributed by atoms with van der Waals surface area (Å²) >= 11 is 1.92. The summed E-state index contributed by atoms with van der Waals surface area (Å²) in [4.78, 5) is 1.34. The number of hydrogen-bond donors (Lipinski definition) is 1. The molecule has 23 heavy (non-hydrogen) atoms. The van der Waals surface area contributed by atoms with Gasteiger partial charge in [-0.3, -0.25) is 0 Å². The summed E-state index contributed by atoms with van der Waals surface area (Å²) < 4.78 is 0. The highest BCUT2D eigenvalue weighted by Crippen LogP contribution is 2.26. The van der Waals surface area contributed by atoms with Crippen molar-refractivity contribution < 1.29 is 5.11 Å². The first-order valence-electron chi connectivity index (χ1n) is 8.44. The van der Waals surface area contributed by atoms with Crippen molar-refractivity contribution in [3.05, 3.63) is 72.2 Å². The zero-order chi connectivity index (χ0) is 17.3. The maximum absolute atomic E-state index is 8.79. The number of aliphatic hydroxyl groups excluding tert-OH is 1. The molecule has 0 saturated heterocycles. The van der Waals surface area contributed by atoms with Crippen LogP contribution in [-0.4, -0.2) is 17.0 Å². The third-order valence-electron chi connectivity index (χ3n) is 3.20. The minimum Gasteiger partial charge on any atom is -0.392 e. The van der Waals surface area contributed by atoms with E-state index in [1.54, 1.807) is 6.08 Å². The molecule has 1 N–H and O–H groups in total. The van der Waals surface area contributed by atoms with E-state index in [2.05, 4.69) is 69.9 Å². The summed E-state index contributed by atoms with van der Waals surface area (Å²) in [6.45, 7) is 10.4. The Kier molecular flexibility index (Phi) is 14.8. The van der Waals surface area contributed by atoms with Gasteiger partial charge in [-0.05, 0) is 32.1 Å². The monoisotopic (exact) mass is 332 g/mol. The van der Waals surface area contributed by atoms with Crippen LogP contribution in [0.25, 0.3) is 0 Å². The van der Waals surface area contributed by atoms with Crippen LogP contribution in [0.1, 0.15) is 40.0 Å². The molecular weight excluding hydrogens is 300 g/mol. The molecule has 2 unspecified atom stereocenters. The summed E-state index contributed by atoms with van der Waals surface area (Å²) in [5.74, 6) is 0.289. The topological polar surface area (TPSA) is 20.2 Å². The molecule has 128 valence electrons. The summed E-state index contributed by atoms with van der Waals surface area (Å²) in [5.41, 5.74) is 0. The van der Waals surface area contributed by atoms with Gasteiger partial charge in [-0.1, -0.05) is 74.6 Å². The quantitative estimate of drug-likeness (QED) is 0.338.